The van der Waals surface area contributed by atoms with E-state index in [9.17, 15) is 4.79 Å². The second-order valence-corrected chi connectivity index (χ2v) is 7.34. The van der Waals surface area contributed by atoms with Crippen LogP contribution in [0.3, 0.4) is 0 Å². The van der Waals surface area contributed by atoms with Crippen molar-refractivity contribution in [3.63, 3.8) is 0 Å². The topological polar surface area (TPSA) is 65.5 Å². The van der Waals surface area contributed by atoms with Gasteiger partial charge in [0, 0.05) is 32.2 Å². The summed E-state index contributed by atoms with van der Waals surface area (Å²) in [5, 5.41) is 9.58. The average Bonchev–Trinajstić information content (AvgIpc) is 2.65. The third-order valence-corrected chi connectivity index (χ3v) is 5.13. The van der Waals surface area contributed by atoms with Gasteiger partial charge in [0.2, 0.25) is 0 Å². The molecule has 5 nitrogen and oxygen atoms in total. The number of hydrogen-bond donors (Lipinski definition) is 3. The molecule has 2 rings (SSSR count). The SMILES string of the molecule is CCNC(=O)c1ccc(CNC(=NC)NCCC2CCCC(C)C2)cc1.I. The third kappa shape index (κ3) is 8.49. The third-order valence-electron chi connectivity index (χ3n) is 5.13. The number of amides is 1. The maximum atomic E-state index is 11.8. The first-order valence-electron chi connectivity index (χ1n) is 9.94. The Morgan fingerprint density at radius 1 is 1.15 bits per heavy atom. The molecule has 0 bridgehead atoms. The van der Waals surface area contributed by atoms with Crippen molar-refractivity contribution in [2.75, 3.05) is 20.1 Å². The van der Waals surface area contributed by atoms with Crippen LogP contribution in [0.15, 0.2) is 29.3 Å². The minimum Gasteiger partial charge on any atom is -0.356 e. The van der Waals surface area contributed by atoms with Crippen LogP contribution >= 0.6 is 24.0 Å². The largest absolute Gasteiger partial charge is 0.356 e. The molecular weight excluding hydrogens is 451 g/mol. The van der Waals surface area contributed by atoms with Gasteiger partial charge in [0.25, 0.3) is 5.91 Å². The van der Waals surface area contributed by atoms with Crippen molar-refractivity contribution in [3.05, 3.63) is 35.4 Å². The summed E-state index contributed by atoms with van der Waals surface area (Å²) >= 11 is 0. The van der Waals surface area contributed by atoms with Crippen LogP contribution in [-0.4, -0.2) is 32.0 Å². The Balaban J connectivity index is 0.00000364. The summed E-state index contributed by atoms with van der Waals surface area (Å²) in [7, 11) is 1.80. The van der Waals surface area contributed by atoms with E-state index < -0.39 is 0 Å². The molecule has 1 saturated carbocycles. The Kier molecular flexibility index (Phi) is 11.4. The van der Waals surface area contributed by atoms with Gasteiger partial charge >= 0.3 is 0 Å². The zero-order valence-corrected chi connectivity index (χ0v) is 19.2. The fourth-order valence-corrected chi connectivity index (χ4v) is 3.66. The van der Waals surface area contributed by atoms with Gasteiger partial charge in [-0.25, -0.2) is 0 Å². The van der Waals surface area contributed by atoms with E-state index in [-0.39, 0.29) is 29.9 Å². The number of carbonyl (C=O) groups is 1. The number of aliphatic imine (C=N–C) groups is 1. The van der Waals surface area contributed by atoms with Crippen molar-refractivity contribution >= 4 is 35.8 Å². The number of guanidine groups is 1. The molecule has 1 aromatic carbocycles. The second-order valence-electron chi connectivity index (χ2n) is 7.34. The first-order chi connectivity index (χ1) is 12.6. The summed E-state index contributed by atoms with van der Waals surface area (Å²) in [6.45, 7) is 6.59. The van der Waals surface area contributed by atoms with Crippen LogP contribution in [-0.2, 0) is 6.54 Å². The lowest BCUT2D eigenvalue weighted by Crippen LogP contribution is -2.38. The van der Waals surface area contributed by atoms with E-state index in [1.165, 1.54) is 32.1 Å². The molecule has 0 saturated heterocycles. The Labute approximate surface area is 181 Å². The van der Waals surface area contributed by atoms with Gasteiger partial charge in [-0.15, -0.1) is 24.0 Å². The molecule has 2 atom stereocenters. The smallest absolute Gasteiger partial charge is 0.251 e. The van der Waals surface area contributed by atoms with E-state index in [0.29, 0.717) is 18.7 Å². The Morgan fingerprint density at radius 2 is 1.89 bits per heavy atom. The summed E-state index contributed by atoms with van der Waals surface area (Å²) in [6, 6.07) is 7.69. The standard InChI is InChI=1S/C21H34N4O.HI/c1-4-23-20(26)19-10-8-18(9-11-19)15-25-21(22-3)24-13-12-17-7-5-6-16(2)14-17;/h8-11,16-17H,4-7,12-15H2,1-3H3,(H,23,26)(H2,22,24,25);1H. The number of halogens is 1. The molecule has 1 aliphatic rings. The lowest BCUT2D eigenvalue weighted by atomic mass is 9.81. The van der Waals surface area contributed by atoms with Crippen molar-refractivity contribution < 1.29 is 4.79 Å². The molecule has 0 aliphatic heterocycles. The molecule has 2 unspecified atom stereocenters. The minimum absolute atomic E-state index is 0. The molecule has 0 spiro atoms. The number of rotatable bonds is 7. The van der Waals surface area contributed by atoms with Crippen LogP contribution in [0, 0.1) is 11.8 Å². The fraction of sp³-hybridized carbons (Fsp3) is 0.619. The first kappa shape index (κ1) is 23.7. The predicted molar refractivity (Wildman–Crippen MR) is 124 cm³/mol. The number of nitrogens with one attached hydrogen (secondary N) is 3. The monoisotopic (exact) mass is 486 g/mol. The van der Waals surface area contributed by atoms with Crippen LogP contribution in [0.5, 0.6) is 0 Å². The quantitative estimate of drug-likeness (QED) is 0.311. The lowest BCUT2D eigenvalue weighted by Gasteiger charge is -2.26. The van der Waals surface area contributed by atoms with E-state index in [1.54, 1.807) is 7.05 Å². The normalized spacial score (nSPS) is 19.7. The van der Waals surface area contributed by atoms with Gasteiger partial charge in [-0.2, -0.15) is 0 Å². The zero-order valence-electron chi connectivity index (χ0n) is 16.9. The maximum absolute atomic E-state index is 11.8. The van der Waals surface area contributed by atoms with Crippen molar-refractivity contribution in [1.29, 1.82) is 0 Å². The van der Waals surface area contributed by atoms with Crippen molar-refractivity contribution in [2.45, 2.75) is 52.5 Å². The second kappa shape index (κ2) is 13.0. The summed E-state index contributed by atoms with van der Waals surface area (Å²) < 4.78 is 0. The van der Waals surface area contributed by atoms with Crippen LogP contribution in [0.25, 0.3) is 0 Å². The van der Waals surface area contributed by atoms with Gasteiger partial charge in [-0.1, -0.05) is 38.3 Å². The average molecular weight is 486 g/mol. The van der Waals surface area contributed by atoms with E-state index in [1.807, 2.05) is 31.2 Å². The molecule has 1 aromatic rings. The highest BCUT2D eigenvalue weighted by atomic mass is 127. The Bertz CT molecular complexity index is 588. The maximum Gasteiger partial charge on any atom is 0.251 e. The molecule has 1 amide bonds. The molecule has 0 radical (unpaired) electrons. The van der Waals surface area contributed by atoms with Gasteiger partial charge in [0.1, 0.15) is 0 Å². The molecule has 0 aromatic heterocycles. The van der Waals surface area contributed by atoms with Crippen molar-refractivity contribution in [1.82, 2.24) is 16.0 Å². The van der Waals surface area contributed by atoms with E-state index >= 15 is 0 Å². The molecule has 152 valence electrons. The minimum atomic E-state index is -0.0264. The van der Waals surface area contributed by atoms with Crippen LogP contribution in [0.1, 0.15) is 61.9 Å². The summed E-state index contributed by atoms with van der Waals surface area (Å²) in [6.07, 6.45) is 6.73. The molecule has 27 heavy (non-hydrogen) atoms. The van der Waals surface area contributed by atoms with Crippen LogP contribution in [0.4, 0.5) is 0 Å². The number of nitrogens with zero attached hydrogens (tertiary/aromatic N) is 1. The van der Waals surface area contributed by atoms with Crippen molar-refractivity contribution in [2.24, 2.45) is 16.8 Å². The van der Waals surface area contributed by atoms with E-state index in [4.69, 9.17) is 0 Å². The highest BCUT2D eigenvalue weighted by Crippen LogP contribution is 2.30. The van der Waals surface area contributed by atoms with Gasteiger partial charge in [0.05, 0.1) is 0 Å². The molecular formula is C21H35IN4O. The fourth-order valence-electron chi connectivity index (χ4n) is 3.66. The van der Waals surface area contributed by atoms with Crippen LogP contribution in [0.2, 0.25) is 0 Å². The highest BCUT2D eigenvalue weighted by Gasteiger charge is 2.18. The van der Waals surface area contributed by atoms with Gasteiger partial charge in [0.15, 0.2) is 5.96 Å². The number of hydrogen-bond acceptors (Lipinski definition) is 2. The first-order valence-corrected chi connectivity index (χ1v) is 9.94. The predicted octanol–water partition coefficient (Wildman–Crippen LogP) is 3.94. The van der Waals surface area contributed by atoms with E-state index in [0.717, 1.165) is 29.9 Å². The summed E-state index contributed by atoms with van der Waals surface area (Å²) in [4.78, 5) is 16.1. The molecule has 6 heteroatoms. The summed E-state index contributed by atoms with van der Waals surface area (Å²) in [5.41, 5.74) is 1.82. The van der Waals surface area contributed by atoms with Gasteiger partial charge < -0.3 is 16.0 Å². The molecule has 1 fully saturated rings. The summed E-state index contributed by atoms with van der Waals surface area (Å²) in [5.74, 6) is 2.54. The number of benzene rings is 1. The highest BCUT2D eigenvalue weighted by molar-refractivity contribution is 14.0. The lowest BCUT2D eigenvalue weighted by molar-refractivity contribution is 0.0956. The molecule has 3 N–H and O–H groups in total. The van der Waals surface area contributed by atoms with Gasteiger partial charge in [-0.05, 0) is 49.3 Å². The van der Waals surface area contributed by atoms with Crippen molar-refractivity contribution in [3.8, 4) is 0 Å². The number of carbonyl (C=O) groups excluding carboxylic acids is 1. The molecule has 1 aliphatic carbocycles. The van der Waals surface area contributed by atoms with E-state index in [2.05, 4.69) is 27.9 Å². The van der Waals surface area contributed by atoms with Crippen LogP contribution < -0.4 is 16.0 Å². The van der Waals surface area contributed by atoms with Gasteiger partial charge in [-0.3, -0.25) is 9.79 Å². The molecule has 0 heterocycles. The Morgan fingerprint density at radius 3 is 2.52 bits per heavy atom. The Hall–Kier alpha value is -1.31. The zero-order chi connectivity index (χ0) is 18.8.